The van der Waals surface area contributed by atoms with E-state index in [1.54, 1.807) is 31.6 Å². The Morgan fingerprint density at radius 1 is 1.18 bits per heavy atom. The first kappa shape index (κ1) is 23.9. The van der Waals surface area contributed by atoms with Gasteiger partial charge in [-0.05, 0) is 55.3 Å². The van der Waals surface area contributed by atoms with Crippen molar-refractivity contribution >= 4 is 45.4 Å². The van der Waals surface area contributed by atoms with Crippen molar-refractivity contribution in [2.45, 2.75) is 19.9 Å². The molecule has 2 heterocycles. The predicted octanol–water partition coefficient (Wildman–Crippen LogP) is 4.23. The quantitative estimate of drug-likeness (QED) is 0.440. The van der Waals surface area contributed by atoms with Gasteiger partial charge in [0, 0.05) is 4.47 Å². The molecule has 0 radical (unpaired) electrons. The van der Waals surface area contributed by atoms with Crippen LogP contribution >= 0.6 is 27.3 Å². The first-order valence-corrected chi connectivity index (χ1v) is 12.3. The number of carbonyl (C=O) groups excluding carboxylic acids is 1. The van der Waals surface area contributed by atoms with Gasteiger partial charge in [-0.25, -0.2) is 9.79 Å². The second kappa shape index (κ2) is 10.4. The van der Waals surface area contributed by atoms with E-state index in [1.165, 1.54) is 11.3 Å². The van der Waals surface area contributed by atoms with Gasteiger partial charge in [0.05, 0.1) is 35.6 Å². The summed E-state index contributed by atoms with van der Waals surface area (Å²) < 4.78 is 13.7. The number of carbonyl (C=O) groups is 1. The Labute approximate surface area is 209 Å². The van der Waals surface area contributed by atoms with Gasteiger partial charge in [-0.1, -0.05) is 63.7 Å². The Morgan fingerprint density at radius 2 is 1.88 bits per heavy atom. The van der Waals surface area contributed by atoms with Crippen LogP contribution in [-0.2, 0) is 9.53 Å². The first-order chi connectivity index (χ1) is 16.4. The molecule has 0 N–H and O–H groups in total. The van der Waals surface area contributed by atoms with Crippen molar-refractivity contribution in [3.63, 3.8) is 0 Å². The van der Waals surface area contributed by atoms with E-state index in [0.717, 1.165) is 15.6 Å². The van der Waals surface area contributed by atoms with Crippen LogP contribution in [0.15, 0.2) is 80.1 Å². The molecule has 1 aromatic heterocycles. The van der Waals surface area contributed by atoms with Crippen molar-refractivity contribution < 1.29 is 14.3 Å². The van der Waals surface area contributed by atoms with E-state index in [1.807, 2.05) is 60.7 Å². The van der Waals surface area contributed by atoms with Crippen LogP contribution in [0.4, 0.5) is 0 Å². The second-order valence-electron chi connectivity index (χ2n) is 7.51. The lowest BCUT2D eigenvalue weighted by molar-refractivity contribution is -0.139. The molecule has 174 valence electrons. The molecule has 3 aromatic rings. The van der Waals surface area contributed by atoms with E-state index >= 15 is 0 Å². The summed E-state index contributed by atoms with van der Waals surface area (Å²) in [6, 6.07) is 14.6. The number of thiazole rings is 1. The number of allylic oxidation sites excluding steroid dienone is 2. The highest BCUT2D eigenvalue weighted by molar-refractivity contribution is 9.10. The monoisotopic (exact) mass is 538 g/mol. The molecule has 0 saturated carbocycles. The fourth-order valence-electron chi connectivity index (χ4n) is 3.73. The molecule has 8 heteroatoms. The fourth-order valence-corrected chi connectivity index (χ4v) is 4.99. The minimum absolute atomic E-state index is 0.209. The third kappa shape index (κ3) is 4.83. The SMILES string of the molecule is CCOC(=O)C1=C(C)N=c2sc(=CC=Cc3ccc(Br)cc3)c(=O)n2C1c1ccc(OC)cc1. The molecule has 4 rings (SSSR count). The smallest absolute Gasteiger partial charge is 0.338 e. The van der Waals surface area contributed by atoms with Crippen LogP contribution < -0.4 is 19.6 Å². The van der Waals surface area contributed by atoms with Gasteiger partial charge < -0.3 is 9.47 Å². The summed E-state index contributed by atoms with van der Waals surface area (Å²) in [5.74, 6) is 0.210. The van der Waals surface area contributed by atoms with E-state index in [-0.39, 0.29) is 12.2 Å². The highest BCUT2D eigenvalue weighted by Gasteiger charge is 2.33. The molecule has 0 fully saturated rings. The number of rotatable bonds is 6. The lowest BCUT2D eigenvalue weighted by Gasteiger charge is -2.24. The Hall–Kier alpha value is -3.23. The van der Waals surface area contributed by atoms with Gasteiger partial charge in [0.15, 0.2) is 4.80 Å². The first-order valence-electron chi connectivity index (χ1n) is 10.7. The Morgan fingerprint density at radius 3 is 2.53 bits per heavy atom. The summed E-state index contributed by atoms with van der Waals surface area (Å²) >= 11 is 4.72. The zero-order valence-electron chi connectivity index (χ0n) is 18.9. The van der Waals surface area contributed by atoms with Crippen LogP contribution in [0.25, 0.3) is 12.2 Å². The van der Waals surface area contributed by atoms with Gasteiger partial charge in [0.2, 0.25) is 0 Å². The number of hydrogen-bond donors (Lipinski definition) is 0. The van der Waals surface area contributed by atoms with Crippen molar-refractivity contribution in [1.82, 2.24) is 4.57 Å². The number of methoxy groups -OCH3 is 1. The summed E-state index contributed by atoms with van der Waals surface area (Å²) in [5.41, 5.74) is 2.48. The molecule has 1 aliphatic rings. The average Bonchev–Trinajstić information content (AvgIpc) is 3.14. The van der Waals surface area contributed by atoms with Crippen molar-refractivity contribution in [3.05, 3.63) is 101 Å². The van der Waals surface area contributed by atoms with Crippen LogP contribution in [0.3, 0.4) is 0 Å². The van der Waals surface area contributed by atoms with Crippen molar-refractivity contribution in [2.75, 3.05) is 13.7 Å². The average molecular weight is 539 g/mol. The summed E-state index contributed by atoms with van der Waals surface area (Å²) in [7, 11) is 1.59. The van der Waals surface area contributed by atoms with Crippen molar-refractivity contribution in [2.24, 2.45) is 4.99 Å². The van der Waals surface area contributed by atoms with Gasteiger partial charge in [-0.3, -0.25) is 9.36 Å². The zero-order chi connectivity index (χ0) is 24.2. The maximum atomic E-state index is 13.5. The summed E-state index contributed by atoms with van der Waals surface area (Å²) in [6.45, 7) is 3.76. The normalized spacial score (nSPS) is 15.9. The fraction of sp³-hybridized carbons (Fsp3) is 0.192. The van der Waals surface area contributed by atoms with E-state index in [4.69, 9.17) is 9.47 Å². The molecular weight excluding hydrogens is 516 g/mol. The maximum absolute atomic E-state index is 13.5. The van der Waals surface area contributed by atoms with Crippen molar-refractivity contribution in [3.8, 4) is 5.75 Å². The molecule has 0 bridgehead atoms. The molecule has 0 saturated heterocycles. The molecule has 0 spiro atoms. The lowest BCUT2D eigenvalue weighted by Crippen LogP contribution is -2.39. The minimum atomic E-state index is -0.640. The number of halogens is 1. The zero-order valence-corrected chi connectivity index (χ0v) is 21.4. The Bertz CT molecular complexity index is 1450. The van der Waals surface area contributed by atoms with Gasteiger partial charge in [-0.2, -0.15) is 0 Å². The number of nitrogens with zero attached hydrogens (tertiary/aromatic N) is 2. The Kier molecular flexibility index (Phi) is 7.29. The second-order valence-corrected chi connectivity index (χ2v) is 9.43. The van der Waals surface area contributed by atoms with Crippen LogP contribution in [0.2, 0.25) is 0 Å². The number of hydrogen-bond acceptors (Lipinski definition) is 6. The van der Waals surface area contributed by atoms with E-state index in [0.29, 0.717) is 26.4 Å². The predicted molar refractivity (Wildman–Crippen MR) is 137 cm³/mol. The molecule has 0 amide bonds. The third-order valence-electron chi connectivity index (χ3n) is 5.35. The number of fused-ring (bicyclic) bond motifs is 1. The van der Waals surface area contributed by atoms with Crippen LogP contribution in [0, 0.1) is 0 Å². The van der Waals surface area contributed by atoms with Gasteiger partial charge >= 0.3 is 5.97 Å². The molecule has 1 unspecified atom stereocenters. The number of aromatic nitrogens is 1. The molecular formula is C26H23BrN2O4S. The van der Waals surface area contributed by atoms with E-state index in [2.05, 4.69) is 20.9 Å². The van der Waals surface area contributed by atoms with Crippen LogP contribution in [-0.4, -0.2) is 24.3 Å². The van der Waals surface area contributed by atoms with Crippen molar-refractivity contribution in [1.29, 1.82) is 0 Å². The molecule has 0 aliphatic carbocycles. The summed E-state index contributed by atoms with van der Waals surface area (Å²) in [6.07, 6.45) is 5.55. The third-order valence-corrected chi connectivity index (χ3v) is 6.88. The number of benzene rings is 2. The standard InChI is InChI=1S/C26H23BrN2O4S/c1-4-33-25(31)22-16(2)28-26-29(23(22)18-10-14-20(32-3)15-11-18)24(30)21(34-26)7-5-6-17-8-12-19(27)13-9-17/h5-15,23H,4H2,1-3H3. The molecule has 1 aliphatic heterocycles. The molecule has 34 heavy (non-hydrogen) atoms. The van der Waals surface area contributed by atoms with E-state index < -0.39 is 12.0 Å². The van der Waals surface area contributed by atoms with Gasteiger partial charge in [0.1, 0.15) is 5.75 Å². The minimum Gasteiger partial charge on any atom is -0.497 e. The summed E-state index contributed by atoms with van der Waals surface area (Å²) in [4.78, 5) is 31.5. The number of ether oxygens (including phenoxy) is 2. The highest BCUT2D eigenvalue weighted by atomic mass is 79.9. The molecule has 2 aromatic carbocycles. The van der Waals surface area contributed by atoms with Gasteiger partial charge in [0.25, 0.3) is 5.56 Å². The summed E-state index contributed by atoms with van der Waals surface area (Å²) in [5, 5.41) is 0. The molecule has 1 atom stereocenters. The molecule has 6 nitrogen and oxygen atoms in total. The van der Waals surface area contributed by atoms with E-state index in [9.17, 15) is 9.59 Å². The van der Waals surface area contributed by atoms with Gasteiger partial charge in [-0.15, -0.1) is 0 Å². The Balaban J connectivity index is 1.83. The van der Waals surface area contributed by atoms with Crippen LogP contribution in [0.5, 0.6) is 5.75 Å². The lowest BCUT2D eigenvalue weighted by atomic mass is 9.96. The highest BCUT2D eigenvalue weighted by Crippen LogP contribution is 2.31. The number of esters is 1. The largest absolute Gasteiger partial charge is 0.497 e. The maximum Gasteiger partial charge on any atom is 0.338 e. The van der Waals surface area contributed by atoms with Crippen LogP contribution in [0.1, 0.15) is 31.0 Å². The topological polar surface area (TPSA) is 69.9 Å².